The van der Waals surface area contributed by atoms with Gasteiger partial charge in [0.25, 0.3) is 0 Å². The first kappa shape index (κ1) is 15.3. The molecular weight excluding hydrogens is 278 g/mol. The number of carboxylic acid groups (broad SMARTS) is 1. The molecule has 2 saturated heterocycles. The van der Waals surface area contributed by atoms with Gasteiger partial charge in [-0.15, -0.1) is 0 Å². The Hall–Kier alpha value is -1.59. The summed E-state index contributed by atoms with van der Waals surface area (Å²) >= 11 is 0. The normalized spacial score (nSPS) is 24.0. The van der Waals surface area contributed by atoms with Gasteiger partial charge in [-0.3, -0.25) is 9.80 Å². The molecule has 3 rings (SSSR count). The van der Waals surface area contributed by atoms with Gasteiger partial charge in [0.2, 0.25) is 0 Å². The predicted molar refractivity (Wildman–Crippen MR) is 85.9 cm³/mol. The van der Waals surface area contributed by atoms with Gasteiger partial charge in [0.1, 0.15) is 0 Å². The van der Waals surface area contributed by atoms with Crippen molar-refractivity contribution in [3.63, 3.8) is 0 Å². The number of hydrogen-bond acceptors (Lipinski definition) is 3. The fourth-order valence-electron chi connectivity index (χ4n) is 3.64. The second-order valence-electron chi connectivity index (χ2n) is 6.48. The maximum atomic E-state index is 10.7. The highest BCUT2D eigenvalue weighted by Gasteiger charge is 2.30. The van der Waals surface area contributed by atoms with E-state index in [1.807, 2.05) is 19.1 Å². The van der Waals surface area contributed by atoms with Gasteiger partial charge in [-0.25, -0.2) is 4.79 Å². The molecule has 5 nitrogen and oxygen atoms in total. The van der Waals surface area contributed by atoms with E-state index >= 15 is 0 Å². The second kappa shape index (κ2) is 6.67. The number of nitrogens with zero attached hydrogens (tertiary/aromatic N) is 2. The van der Waals surface area contributed by atoms with Crippen molar-refractivity contribution in [3.05, 3.63) is 35.4 Å². The Bertz CT molecular complexity index is 517. The van der Waals surface area contributed by atoms with Crippen LogP contribution < -0.4 is 5.32 Å². The summed E-state index contributed by atoms with van der Waals surface area (Å²) in [6.07, 6.45) is 1.71. The minimum absolute atomic E-state index is 0.173. The molecule has 2 N–H and O–H groups in total. The highest BCUT2D eigenvalue weighted by Crippen LogP contribution is 2.23. The molecular formula is C17H25N3O2. The zero-order valence-electron chi connectivity index (χ0n) is 13.2. The average Bonchev–Trinajstić information content (AvgIpc) is 2.95. The van der Waals surface area contributed by atoms with Crippen LogP contribution in [0.5, 0.6) is 0 Å². The third-order valence-corrected chi connectivity index (χ3v) is 4.90. The van der Waals surface area contributed by atoms with Crippen molar-refractivity contribution in [3.8, 4) is 0 Å². The van der Waals surface area contributed by atoms with Crippen molar-refractivity contribution in [2.75, 3.05) is 26.2 Å². The zero-order valence-corrected chi connectivity index (χ0v) is 13.2. The summed E-state index contributed by atoms with van der Waals surface area (Å²) in [5.41, 5.74) is 2.31. The van der Waals surface area contributed by atoms with Gasteiger partial charge < -0.3 is 10.4 Å². The van der Waals surface area contributed by atoms with Crippen molar-refractivity contribution < 1.29 is 9.90 Å². The van der Waals surface area contributed by atoms with E-state index in [-0.39, 0.29) is 6.04 Å². The van der Waals surface area contributed by atoms with Crippen LogP contribution in [0.3, 0.4) is 0 Å². The highest BCUT2D eigenvalue weighted by molar-refractivity contribution is 5.65. The summed E-state index contributed by atoms with van der Waals surface area (Å²) in [4.78, 5) is 15.8. The molecule has 120 valence electrons. The molecule has 0 saturated carbocycles. The number of piperazine rings is 1. The van der Waals surface area contributed by atoms with Crippen LogP contribution in [0, 0.1) is 0 Å². The quantitative estimate of drug-likeness (QED) is 0.896. The number of hydrogen-bond donors (Lipinski definition) is 2. The van der Waals surface area contributed by atoms with Crippen LogP contribution in [0.2, 0.25) is 0 Å². The average molecular weight is 303 g/mol. The van der Waals surface area contributed by atoms with E-state index in [1.165, 1.54) is 38.0 Å². The van der Waals surface area contributed by atoms with Crippen molar-refractivity contribution >= 4 is 6.09 Å². The minimum atomic E-state index is -0.981. The molecule has 22 heavy (non-hydrogen) atoms. The van der Waals surface area contributed by atoms with E-state index < -0.39 is 6.09 Å². The first-order chi connectivity index (χ1) is 10.6. The molecule has 5 heteroatoms. The summed E-state index contributed by atoms with van der Waals surface area (Å²) < 4.78 is 0. The van der Waals surface area contributed by atoms with E-state index in [9.17, 15) is 4.79 Å². The molecule has 1 aromatic carbocycles. The number of benzene rings is 1. The van der Waals surface area contributed by atoms with E-state index in [0.717, 1.165) is 24.7 Å². The highest BCUT2D eigenvalue weighted by atomic mass is 16.4. The van der Waals surface area contributed by atoms with Crippen molar-refractivity contribution in [1.82, 2.24) is 15.1 Å². The Morgan fingerprint density at radius 3 is 2.82 bits per heavy atom. The van der Waals surface area contributed by atoms with E-state index in [1.54, 1.807) is 0 Å². The molecule has 0 aliphatic carbocycles. The second-order valence-corrected chi connectivity index (χ2v) is 6.48. The number of amides is 1. The van der Waals surface area contributed by atoms with Crippen LogP contribution in [-0.4, -0.2) is 53.2 Å². The summed E-state index contributed by atoms with van der Waals surface area (Å²) in [6.45, 7) is 7.66. The van der Waals surface area contributed by atoms with Crippen molar-refractivity contribution in [2.45, 2.75) is 38.4 Å². The monoisotopic (exact) mass is 303 g/mol. The molecule has 2 heterocycles. The SMILES string of the molecule is C[C@H](NC(=O)O)c1ccc(CN2CCN3CCCC3C2)cc1. The lowest BCUT2D eigenvalue weighted by Gasteiger charge is -2.37. The van der Waals surface area contributed by atoms with E-state index in [4.69, 9.17) is 5.11 Å². The van der Waals surface area contributed by atoms with Gasteiger partial charge in [-0.1, -0.05) is 24.3 Å². The van der Waals surface area contributed by atoms with Crippen LogP contribution in [0.25, 0.3) is 0 Å². The van der Waals surface area contributed by atoms with Crippen LogP contribution >= 0.6 is 0 Å². The summed E-state index contributed by atoms with van der Waals surface area (Å²) in [5.74, 6) is 0. The first-order valence-corrected chi connectivity index (χ1v) is 8.16. The molecule has 1 unspecified atom stereocenters. The third kappa shape index (κ3) is 3.59. The van der Waals surface area contributed by atoms with Gasteiger partial charge in [0, 0.05) is 32.2 Å². The lowest BCUT2D eigenvalue weighted by Crippen LogP contribution is -2.49. The lowest BCUT2D eigenvalue weighted by molar-refractivity contribution is 0.0994. The molecule has 0 bridgehead atoms. The fourth-order valence-corrected chi connectivity index (χ4v) is 3.64. The smallest absolute Gasteiger partial charge is 0.405 e. The summed E-state index contributed by atoms with van der Waals surface area (Å²) in [5, 5.41) is 11.3. The zero-order chi connectivity index (χ0) is 15.5. The summed E-state index contributed by atoms with van der Waals surface area (Å²) in [6, 6.07) is 8.89. The largest absolute Gasteiger partial charge is 0.465 e. The van der Waals surface area contributed by atoms with Gasteiger partial charge in [-0.05, 0) is 37.4 Å². The molecule has 1 amide bonds. The fraction of sp³-hybridized carbons (Fsp3) is 0.588. The number of fused-ring (bicyclic) bond motifs is 1. The van der Waals surface area contributed by atoms with E-state index in [2.05, 4.69) is 27.2 Å². The van der Waals surface area contributed by atoms with Crippen LogP contribution in [0.1, 0.15) is 36.9 Å². The molecule has 1 aromatic rings. The van der Waals surface area contributed by atoms with Gasteiger partial charge in [0.15, 0.2) is 0 Å². The number of nitrogens with one attached hydrogen (secondary N) is 1. The van der Waals surface area contributed by atoms with Gasteiger partial charge in [-0.2, -0.15) is 0 Å². The Morgan fingerprint density at radius 1 is 1.32 bits per heavy atom. The molecule has 2 atom stereocenters. The van der Waals surface area contributed by atoms with Gasteiger partial charge in [0.05, 0.1) is 6.04 Å². The van der Waals surface area contributed by atoms with Crippen molar-refractivity contribution in [2.24, 2.45) is 0 Å². The maximum absolute atomic E-state index is 10.7. The van der Waals surface area contributed by atoms with Gasteiger partial charge >= 0.3 is 6.09 Å². The molecule has 0 radical (unpaired) electrons. The number of carbonyl (C=O) groups is 1. The molecule has 2 aliphatic heterocycles. The standard InChI is InChI=1S/C17H25N3O2/c1-13(18-17(21)22)15-6-4-14(5-7-15)11-19-9-10-20-8-2-3-16(20)12-19/h4-7,13,16,18H,2-3,8-12H2,1H3,(H,21,22)/t13-,16?/m0/s1. The van der Waals surface area contributed by atoms with E-state index in [0.29, 0.717) is 0 Å². The first-order valence-electron chi connectivity index (χ1n) is 8.16. The Morgan fingerprint density at radius 2 is 2.09 bits per heavy atom. The molecule has 2 fully saturated rings. The Labute approximate surface area is 131 Å². The lowest BCUT2D eigenvalue weighted by atomic mass is 10.1. The summed E-state index contributed by atoms with van der Waals surface area (Å²) in [7, 11) is 0. The third-order valence-electron chi connectivity index (χ3n) is 4.90. The predicted octanol–water partition coefficient (Wildman–Crippen LogP) is 2.30. The molecule has 0 spiro atoms. The molecule has 2 aliphatic rings. The topological polar surface area (TPSA) is 55.8 Å². The minimum Gasteiger partial charge on any atom is -0.465 e. The maximum Gasteiger partial charge on any atom is 0.405 e. The van der Waals surface area contributed by atoms with Crippen LogP contribution in [0.15, 0.2) is 24.3 Å². The molecule has 0 aromatic heterocycles. The Balaban J connectivity index is 1.56. The Kier molecular flexibility index (Phi) is 4.64. The van der Waals surface area contributed by atoms with Crippen LogP contribution in [0.4, 0.5) is 4.79 Å². The van der Waals surface area contributed by atoms with Crippen LogP contribution in [-0.2, 0) is 6.54 Å². The number of rotatable bonds is 4. The van der Waals surface area contributed by atoms with Crippen molar-refractivity contribution in [1.29, 1.82) is 0 Å².